The predicted molar refractivity (Wildman–Crippen MR) is 51.4 cm³/mol. The summed E-state index contributed by atoms with van der Waals surface area (Å²) in [4.78, 5) is 16.7. The minimum atomic E-state index is -0.355. The lowest BCUT2D eigenvalue weighted by Gasteiger charge is -2.14. The van der Waals surface area contributed by atoms with Crippen LogP contribution in [-0.2, 0) is 0 Å². The Morgan fingerprint density at radius 1 is 1.40 bits per heavy atom. The molecule has 0 bridgehead atoms. The molecule has 0 aliphatic rings. The SMILES string of the molecule is N#CCN(CC#N)C(=O)c1cccnc1. The molecule has 0 aromatic carbocycles. The summed E-state index contributed by atoms with van der Waals surface area (Å²) in [7, 11) is 0. The van der Waals surface area contributed by atoms with Crippen molar-refractivity contribution in [3.8, 4) is 12.1 Å². The van der Waals surface area contributed by atoms with E-state index in [4.69, 9.17) is 10.5 Å². The number of aromatic nitrogens is 1. The molecule has 5 heteroatoms. The molecule has 0 aliphatic heterocycles. The lowest BCUT2D eigenvalue weighted by atomic mass is 10.2. The summed E-state index contributed by atoms with van der Waals surface area (Å²) in [6.07, 6.45) is 2.96. The van der Waals surface area contributed by atoms with Gasteiger partial charge in [-0.05, 0) is 12.1 Å². The van der Waals surface area contributed by atoms with Crippen LogP contribution in [0.25, 0.3) is 0 Å². The molecular weight excluding hydrogens is 192 g/mol. The normalized spacial score (nSPS) is 8.67. The van der Waals surface area contributed by atoms with Crippen LogP contribution in [-0.4, -0.2) is 28.9 Å². The van der Waals surface area contributed by atoms with Gasteiger partial charge in [-0.25, -0.2) is 0 Å². The number of amides is 1. The van der Waals surface area contributed by atoms with Gasteiger partial charge in [0.15, 0.2) is 0 Å². The predicted octanol–water partition coefficient (Wildman–Crippen LogP) is 0.571. The number of carbonyl (C=O) groups is 1. The monoisotopic (exact) mass is 200 g/mol. The summed E-state index contributed by atoms with van der Waals surface area (Å²) < 4.78 is 0. The molecule has 1 aromatic heterocycles. The van der Waals surface area contributed by atoms with Crippen LogP contribution in [0.1, 0.15) is 10.4 Å². The van der Waals surface area contributed by atoms with Gasteiger partial charge in [-0.3, -0.25) is 9.78 Å². The van der Waals surface area contributed by atoms with Gasteiger partial charge in [-0.2, -0.15) is 10.5 Å². The second-order valence-corrected chi connectivity index (χ2v) is 2.72. The second kappa shape index (κ2) is 5.36. The molecule has 5 nitrogen and oxygen atoms in total. The smallest absolute Gasteiger partial charge is 0.257 e. The summed E-state index contributed by atoms with van der Waals surface area (Å²) in [5.41, 5.74) is 0.378. The molecule has 0 aliphatic carbocycles. The highest BCUT2D eigenvalue weighted by Crippen LogP contribution is 2.01. The van der Waals surface area contributed by atoms with E-state index in [1.165, 1.54) is 6.20 Å². The van der Waals surface area contributed by atoms with Crippen LogP contribution in [0.5, 0.6) is 0 Å². The third-order valence-corrected chi connectivity index (χ3v) is 1.72. The van der Waals surface area contributed by atoms with Crippen molar-refractivity contribution in [2.45, 2.75) is 0 Å². The van der Waals surface area contributed by atoms with Crippen LogP contribution in [0.3, 0.4) is 0 Å². The highest BCUT2D eigenvalue weighted by Gasteiger charge is 2.14. The second-order valence-electron chi connectivity index (χ2n) is 2.72. The zero-order valence-corrected chi connectivity index (χ0v) is 7.92. The van der Waals surface area contributed by atoms with Gasteiger partial charge in [0.1, 0.15) is 13.1 Å². The highest BCUT2D eigenvalue weighted by atomic mass is 16.2. The van der Waals surface area contributed by atoms with Crippen LogP contribution in [0.15, 0.2) is 24.5 Å². The Labute approximate surface area is 87.2 Å². The van der Waals surface area contributed by atoms with Crippen molar-refractivity contribution in [2.75, 3.05) is 13.1 Å². The summed E-state index contributed by atoms with van der Waals surface area (Å²) in [6, 6.07) is 6.90. The van der Waals surface area contributed by atoms with E-state index in [1.807, 2.05) is 12.1 Å². The molecule has 0 saturated carbocycles. The van der Waals surface area contributed by atoms with E-state index < -0.39 is 0 Å². The maximum absolute atomic E-state index is 11.7. The maximum Gasteiger partial charge on any atom is 0.257 e. The molecule has 1 rings (SSSR count). The van der Waals surface area contributed by atoms with Crippen molar-refractivity contribution in [3.05, 3.63) is 30.1 Å². The van der Waals surface area contributed by atoms with E-state index in [-0.39, 0.29) is 19.0 Å². The summed E-state index contributed by atoms with van der Waals surface area (Å²) >= 11 is 0. The lowest BCUT2D eigenvalue weighted by molar-refractivity contribution is 0.0794. The molecule has 74 valence electrons. The van der Waals surface area contributed by atoms with Gasteiger partial charge >= 0.3 is 0 Å². The zero-order valence-electron chi connectivity index (χ0n) is 7.92. The Morgan fingerprint density at radius 2 is 2.07 bits per heavy atom. The van der Waals surface area contributed by atoms with Crippen LogP contribution in [0.4, 0.5) is 0 Å². The average Bonchev–Trinajstić information content (AvgIpc) is 2.29. The third-order valence-electron chi connectivity index (χ3n) is 1.72. The first-order valence-corrected chi connectivity index (χ1v) is 4.22. The maximum atomic E-state index is 11.7. The largest absolute Gasteiger partial charge is 0.312 e. The van der Waals surface area contributed by atoms with E-state index >= 15 is 0 Å². The van der Waals surface area contributed by atoms with Gasteiger partial charge in [0.05, 0.1) is 17.7 Å². The lowest BCUT2D eigenvalue weighted by Crippen LogP contribution is -2.31. The number of nitriles is 2. The molecule has 15 heavy (non-hydrogen) atoms. The Bertz CT molecular complexity index is 399. The van der Waals surface area contributed by atoms with Crippen molar-refractivity contribution >= 4 is 5.91 Å². The van der Waals surface area contributed by atoms with E-state index in [0.29, 0.717) is 5.56 Å². The van der Waals surface area contributed by atoms with E-state index in [1.54, 1.807) is 18.3 Å². The molecule has 0 N–H and O–H groups in total. The minimum absolute atomic E-state index is 0.0959. The van der Waals surface area contributed by atoms with E-state index in [0.717, 1.165) is 4.90 Å². The van der Waals surface area contributed by atoms with Crippen molar-refractivity contribution in [3.63, 3.8) is 0 Å². The van der Waals surface area contributed by atoms with Gasteiger partial charge in [-0.1, -0.05) is 0 Å². The van der Waals surface area contributed by atoms with Gasteiger partial charge in [0.2, 0.25) is 0 Å². The number of nitrogens with zero attached hydrogens (tertiary/aromatic N) is 4. The number of rotatable bonds is 3. The molecule has 0 fully saturated rings. The number of hydrogen-bond acceptors (Lipinski definition) is 4. The number of hydrogen-bond donors (Lipinski definition) is 0. The zero-order chi connectivity index (χ0) is 11.1. The molecule has 1 aromatic rings. The first-order valence-electron chi connectivity index (χ1n) is 4.22. The fourth-order valence-corrected chi connectivity index (χ4v) is 1.04. The van der Waals surface area contributed by atoms with Crippen LogP contribution >= 0.6 is 0 Å². The first-order chi connectivity index (χ1) is 7.29. The molecule has 0 radical (unpaired) electrons. The van der Waals surface area contributed by atoms with Crippen molar-refractivity contribution in [1.82, 2.24) is 9.88 Å². The summed E-state index contributed by atoms with van der Waals surface area (Å²) in [5, 5.41) is 17.0. The fraction of sp³-hybridized carbons (Fsp3) is 0.200. The van der Waals surface area contributed by atoms with Crippen LogP contribution in [0, 0.1) is 22.7 Å². The Hall–Kier alpha value is -2.40. The van der Waals surface area contributed by atoms with Crippen molar-refractivity contribution in [1.29, 1.82) is 10.5 Å². The molecule has 0 unspecified atom stereocenters. The highest BCUT2D eigenvalue weighted by molar-refractivity contribution is 5.94. The summed E-state index contributed by atoms with van der Waals surface area (Å²) in [5.74, 6) is -0.355. The average molecular weight is 200 g/mol. The Morgan fingerprint density at radius 3 is 2.53 bits per heavy atom. The van der Waals surface area contributed by atoms with Crippen molar-refractivity contribution in [2.24, 2.45) is 0 Å². The summed E-state index contributed by atoms with van der Waals surface area (Å²) in [6.45, 7) is -0.192. The third kappa shape index (κ3) is 2.78. The van der Waals surface area contributed by atoms with Gasteiger partial charge in [-0.15, -0.1) is 0 Å². The van der Waals surface area contributed by atoms with Gasteiger partial charge in [0, 0.05) is 12.4 Å². The van der Waals surface area contributed by atoms with Crippen LogP contribution < -0.4 is 0 Å². The molecule has 1 heterocycles. The molecule has 1 amide bonds. The molecular formula is C10H8N4O. The first kappa shape index (κ1) is 10.7. The molecule has 0 atom stereocenters. The topological polar surface area (TPSA) is 80.8 Å². The standard InChI is InChI=1S/C10H8N4O/c11-3-6-14(7-4-12)10(15)9-2-1-5-13-8-9/h1-2,5,8H,6-7H2. The molecule has 0 spiro atoms. The van der Waals surface area contributed by atoms with E-state index in [2.05, 4.69) is 4.98 Å². The number of pyridine rings is 1. The molecule has 0 saturated heterocycles. The number of carbonyl (C=O) groups excluding carboxylic acids is 1. The van der Waals surface area contributed by atoms with E-state index in [9.17, 15) is 4.79 Å². The van der Waals surface area contributed by atoms with Gasteiger partial charge < -0.3 is 4.90 Å². The minimum Gasteiger partial charge on any atom is -0.312 e. The van der Waals surface area contributed by atoms with Crippen molar-refractivity contribution < 1.29 is 4.79 Å². The fourth-order valence-electron chi connectivity index (χ4n) is 1.04. The quantitative estimate of drug-likeness (QED) is 0.668. The van der Waals surface area contributed by atoms with Crippen LogP contribution in [0.2, 0.25) is 0 Å². The Balaban J connectivity index is 2.83. The van der Waals surface area contributed by atoms with Gasteiger partial charge in [0.25, 0.3) is 5.91 Å². The Kier molecular flexibility index (Phi) is 3.81.